The summed E-state index contributed by atoms with van der Waals surface area (Å²) in [6.45, 7) is 0. The summed E-state index contributed by atoms with van der Waals surface area (Å²) in [6.07, 6.45) is 2.16. The molecule has 0 unspecified atom stereocenters. The molecule has 0 spiro atoms. The molecule has 172 valence electrons. The van der Waals surface area contributed by atoms with Crippen LogP contribution in [0.15, 0.2) is 32.9 Å². The van der Waals surface area contributed by atoms with E-state index in [9.17, 15) is 24.7 Å². The van der Waals surface area contributed by atoms with Crippen molar-refractivity contribution in [1.82, 2.24) is 25.4 Å². The minimum atomic E-state index is -1.28. The van der Waals surface area contributed by atoms with Crippen LogP contribution in [0.2, 0.25) is 4.34 Å². The number of carbonyl (C=O) groups excluding carboxylic acids is 2. The number of nitrogen functional groups attached to an aromatic ring is 2. The first-order valence-electron chi connectivity index (χ1n) is 9.22. The zero-order valence-electron chi connectivity index (χ0n) is 16.4. The molecule has 0 bridgehead atoms. The van der Waals surface area contributed by atoms with Crippen molar-refractivity contribution in [2.45, 2.75) is 29.8 Å². The van der Waals surface area contributed by atoms with E-state index in [1.54, 1.807) is 6.07 Å². The third-order valence-corrected chi connectivity index (χ3v) is 7.10. The highest BCUT2D eigenvalue weighted by molar-refractivity contribution is 8.03. The highest BCUT2D eigenvalue weighted by Gasteiger charge is 2.53. The summed E-state index contributed by atoms with van der Waals surface area (Å²) in [6, 6.07) is -0.0554. The minimum Gasteiger partial charge on any atom is -0.477 e. The number of carboxylic acids is 1. The van der Waals surface area contributed by atoms with Crippen molar-refractivity contribution < 1.29 is 24.7 Å². The molecule has 1 saturated heterocycles. The van der Waals surface area contributed by atoms with Crippen molar-refractivity contribution in [3.63, 3.8) is 0 Å². The standard InChI is InChI=1S/C17H15ClN8O5S2/c18-13-10(23-17(20)33-13)11(25-31)14(27)22-9-6-1-2-7(12(16(29)30)26(6)15(9)28)32-5-3-8(19)24-21-4-5/h3-4,6,9,31H,1-2H2,(H2,19,24)(H2,20,23)(H,22,27)(H,29,30)/b25-11-/t6-,9+/m1/s1. The van der Waals surface area contributed by atoms with E-state index in [4.69, 9.17) is 23.1 Å². The number of nitrogens with two attached hydrogens (primary N) is 2. The zero-order chi connectivity index (χ0) is 23.9. The smallest absolute Gasteiger partial charge is 0.353 e. The lowest BCUT2D eigenvalue weighted by atomic mass is 9.86. The number of hydrogen-bond acceptors (Lipinski definition) is 12. The molecule has 7 N–H and O–H groups in total. The first-order chi connectivity index (χ1) is 15.7. The predicted octanol–water partition coefficient (Wildman–Crippen LogP) is 0.507. The second-order valence-corrected chi connectivity index (χ2v) is 9.68. The van der Waals surface area contributed by atoms with Crippen molar-refractivity contribution in [3.05, 3.63) is 32.9 Å². The molecule has 33 heavy (non-hydrogen) atoms. The summed E-state index contributed by atoms with van der Waals surface area (Å²) in [7, 11) is 0. The van der Waals surface area contributed by atoms with Crippen LogP contribution in [-0.2, 0) is 14.4 Å². The van der Waals surface area contributed by atoms with Gasteiger partial charge in [0.2, 0.25) is 0 Å². The molecule has 2 aliphatic rings. The van der Waals surface area contributed by atoms with Gasteiger partial charge in [0.15, 0.2) is 10.8 Å². The van der Waals surface area contributed by atoms with Crippen molar-refractivity contribution >= 4 is 69.1 Å². The maximum absolute atomic E-state index is 12.8. The van der Waals surface area contributed by atoms with Crippen LogP contribution in [0.4, 0.5) is 10.9 Å². The van der Waals surface area contributed by atoms with E-state index in [1.807, 2.05) is 0 Å². The summed E-state index contributed by atoms with van der Waals surface area (Å²) >= 11 is 7.99. The van der Waals surface area contributed by atoms with Gasteiger partial charge in [-0.3, -0.25) is 14.5 Å². The van der Waals surface area contributed by atoms with Gasteiger partial charge in [-0.2, -0.15) is 5.10 Å². The Kier molecular flexibility index (Phi) is 6.09. The number of aromatic nitrogens is 3. The number of oxime groups is 1. The van der Waals surface area contributed by atoms with E-state index >= 15 is 0 Å². The number of hydrogen-bond donors (Lipinski definition) is 5. The van der Waals surface area contributed by atoms with Gasteiger partial charge in [-0.05, 0) is 18.9 Å². The summed E-state index contributed by atoms with van der Waals surface area (Å²) < 4.78 is 0.0404. The highest BCUT2D eigenvalue weighted by atomic mass is 35.5. The van der Waals surface area contributed by atoms with Gasteiger partial charge in [0.25, 0.3) is 11.8 Å². The summed E-state index contributed by atoms with van der Waals surface area (Å²) in [4.78, 5) is 43.5. The fourth-order valence-corrected chi connectivity index (χ4v) is 5.56. The Bertz CT molecular complexity index is 1230. The quantitative estimate of drug-likeness (QED) is 0.156. The molecule has 0 saturated carbocycles. The molecule has 2 atom stereocenters. The largest absolute Gasteiger partial charge is 0.477 e. The molecule has 4 heterocycles. The van der Waals surface area contributed by atoms with E-state index in [1.165, 1.54) is 6.20 Å². The van der Waals surface area contributed by atoms with Crippen LogP contribution in [0.25, 0.3) is 0 Å². The molecule has 0 aromatic carbocycles. The van der Waals surface area contributed by atoms with Crippen molar-refractivity contribution in [2.75, 3.05) is 11.5 Å². The number of nitrogens with one attached hydrogen (secondary N) is 1. The molecule has 2 aromatic heterocycles. The molecule has 16 heteroatoms. The molecule has 2 aliphatic heterocycles. The number of rotatable bonds is 6. The van der Waals surface area contributed by atoms with E-state index < -0.39 is 35.6 Å². The number of anilines is 2. The maximum Gasteiger partial charge on any atom is 0.353 e. The second kappa shape index (κ2) is 8.84. The van der Waals surface area contributed by atoms with Crippen LogP contribution in [0.3, 0.4) is 0 Å². The lowest BCUT2D eigenvalue weighted by Crippen LogP contribution is -2.72. The maximum atomic E-state index is 12.8. The van der Waals surface area contributed by atoms with E-state index in [-0.39, 0.29) is 26.7 Å². The Labute approximate surface area is 198 Å². The molecule has 1 fully saturated rings. The van der Waals surface area contributed by atoms with Gasteiger partial charge >= 0.3 is 5.97 Å². The Morgan fingerprint density at radius 1 is 1.39 bits per heavy atom. The van der Waals surface area contributed by atoms with Crippen LogP contribution in [-0.4, -0.2) is 66.0 Å². The normalized spacial score (nSPS) is 20.3. The Morgan fingerprint density at radius 3 is 2.76 bits per heavy atom. The third-order valence-electron chi connectivity index (χ3n) is 4.91. The number of carboxylic acid groups (broad SMARTS) is 1. The van der Waals surface area contributed by atoms with Gasteiger partial charge in [0.1, 0.15) is 27.6 Å². The monoisotopic (exact) mass is 510 g/mol. The number of aliphatic carboxylic acids is 1. The average Bonchev–Trinajstić information content (AvgIpc) is 3.09. The van der Waals surface area contributed by atoms with Gasteiger partial charge < -0.3 is 27.1 Å². The number of fused-ring (bicyclic) bond motifs is 1. The fourth-order valence-electron chi connectivity index (χ4n) is 3.56. The van der Waals surface area contributed by atoms with Gasteiger partial charge in [-0.15, -0.1) is 5.10 Å². The number of halogens is 1. The predicted molar refractivity (Wildman–Crippen MR) is 119 cm³/mol. The van der Waals surface area contributed by atoms with Crippen LogP contribution < -0.4 is 16.8 Å². The highest BCUT2D eigenvalue weighted by Crippen LogP contribution is 2.43. The van der Waals surface area contributed by atoms with Gasteiger partial charge in [-0.1, -0.05) is 39.9 Å². The van der Waals surface area contributed by atoms with E-state index in [0.717, 1.165) is 28.0 Å². The fraction of sp³-hybridized carbons (Fsp3) is 0.235. The van der Waals surface area contributed by atoms with E-state index in [0.29, 0.717) is 22.6 Å². The van der Waals surface area contributed by atoms with Crippen LogP contribution in [0.5, 0.6) is 0 Å². The van der Waals surface area contributed by atoms with Crippen molar-refractivity contribution in [3.8, 4) is 0 Å². The van der Waals surface area contributed by atoms with Crippen LogP contribution >= 0.6 is 34.7 Å². The number of carbonyl (C=O) groups is 3. The third kappa shape index (κ3) is 4.17. The molecular weight excluding hydrogens is 496 g/mol. The molecule has 0 radical (unpaired) electrons. The molecule has 2 amide bonds. The lowest BCUT2D eigenvalue weighted by Gasteiger charge is -2.50. The van der Waals surface area contributed by atoms with Crippen LogP contribution in [0, 0.1) is 0 Å². The van der Waals surface area contributed by atoms with Crippen molar-refractivity contribution in [1.29, 1.82) is 0 Å². The lowest BCUT2D eigenvalue weighted by molar-refractivity contribution is -0.155. The number of amides is 2. The number of thiazole rings is 1. The SMILES string of the molecule is Nc1cc(SC2=C(C(=O)O)N3C(=O)[C@@H](NC(=O)/C(=N\O)c4nc(N)sc4Cl)[C@H]3CC2)cnn1. The molecular formula is C17H15ClN8O5S2. The molecule has 2 aromatic rings. The van der Waals surface area contributed by atoms with Gasteiger partial charge in [0, 0.05) is 9.80 Å². The number of nitrogens with zero attached hydrogens (tertiary/aromatic N) is 5. The second-order valence-electron chi connectivity index (χ2n) is 6.88. The van der Waals surface area contributed by atoms with Crippen LogP contribution in [0.1, 0.15) is 18.5 Å². The first-order valence-corrected chi connectivity index (χ1v) is 11.2. The first kappa shape index (κ1) is 22.8. The molecule has 0 aliphatic carbocycles. The zero-order valence-corrected chi connectivity index (χ0v) is 18.8. The Balaban J connectivity index is 1.54. The summed E-state index contributed by atoms with van der Waals surface area (Å²) in [5, 5.41) is 31.9. The molecule has 13 nitrogen and oxygen atoms in total. The number of thioether (sulfide) groups is 1. The Morgan fingerprint density at radius 2 is 2.15 bits per heavy atom. The molecule has 4 rings (SSSR count). The van der Waals surface area contributed by atoms with Gasteiger partial charge in [0.05, 0.1) is 12.2 Å². The number of allylic oxidation sites excluding steroid dienone is 1. The van der Waals surface area contributed by atoms with Gasteiger partial charge in [-0.25, -0.2) is 9.78 Å². The summed E-state index contributed by atoms with van der Waals surface area (Å²) in [5.41, 5.74) is 10.4. The average molecular weight is 511 g/mol. The summed E-state index contributed by atoms with van der Waals surface area (Å²) in [5.74, 6) is -2.62. The van der Waals surface area contributed by atoms with Crippen molar-refractivity contribution in [2.24, 2.45) is 5.16 Å². The number of β-lactam (4-membered cyclic amide) rings is 1. The minimum absolute atomic E-state index is 0.0404. The Hall–Kier alpha value is -3.43. The topological polar surface area (TPSA) is 210 Å². The van der Waals surface area contributed by atoms with E-state index in [2.05, 4.69) is 25.7 Å².